The molecular formula is C24H30N2O2. The lowest BCUT2D eigenvalue weighted by Crippen LogP contribution is -2.32. The zero-order valence-corrected chi connectivity index (χ0v) is 16.7. The first kappa shape index (κ1) is 18.9. The highest BCUT2D eigenvalue weighted by atomic mass is 16.5. The molecule has 28 heavy (non-hydrogen) atoms. The van der Waals surface area contributed by atoms with Crippen molar-refractivity contribution < 1.29 is 9.53 Å². The Hall–Kier alpha value is -2.49. The summed E-state index contributed by atoms with van der Waals surface area (Å²) in [7, 11) is 0. The van der Waals surface area contributed by atoms with Crippen molar-refractivity contribution in [1.82, 2.24) is 5.32 Å². The maximum Gasteiger partial charge on any atom is 0.217 e. The molecule has 4 rings (SSSR count). The Labute approximate surface area is 167 Å². The lowest BCUT2D eigenvalue weighted by molar-refractivity contribution is -0.119. The molecule has 0 aromatic heterocycles. The van der Waals surface area contributed by atoms with Crippen molar-refractivity contribution in [3.05, 3.63) is 59.7 Å². The smallest absolute Gasteiger partial charge is 0.217 e. The van der Waals surface area contributed by atoms with Crippen LogP contribution in [0.5, 0.6) is 5.75 Å². The molecule has 1 amide bonds. The SMILES string of the molecule is CC(=O)NCc1ccc(C2CCN(c3ccc(OC4CCC4)cc3)CC2)cc1. The monoisotopic (exact) mass is 378 g/mol. The molecule has 2 aliphatic rings. The Kier molecular flexibility index (Phi) is 5.84. The van der Waals surface area contributed by atoms with Crippen LogP contribution in [0.4, 0.5) is 5.69 Å². The first-order chi connectivity index (χ1) is 13.7. The molecule has 0 atom stereocenters. The summed E-state index contributed by atoms with van der Waals surface area (Å²) < 4.78 is 5.97. The lowest BCUT2D eigenvalue weighted by Gasteiger charge is -2.34. The van der Waals surface area contributed by atoms with Crippen molar-refractivity contribution in [2.45, 2.75) is 57.6 Å². The third kappa shape index (κ3) is 4.67. The summed E-state index contributed by atoms with van der Waals surface area (Å²) in [4.78, 5) is 13.5. The summed E-state index contributed by atoms with van der Waals surface area (Å²) in [5, 5.41) is 2.85. The summed E-state index contributed by atoms with van der Waals surface area (Å²) in [5.74, 6) is 1.63. The van der Waals surface area contributed by atoms with Crippen molar-refractivity contribution in [3.63, 3.8) is 0 Å². The number of hydrogen-bond acceptors (Lipinski definition) is 3. The zero-order chi connectivity index (χ0) is 19.3. The van der Waals surface area contributed by atoms with Gasteiger partial charge in [0.15, 0.2) is 0 Å². The molecule has 2 aromatic carbocycles. The summed E-state index contributed by atoms with van der Waals surface area (Å²) >= 11 is 0. The van der Waals surface area contributed by atoms with Gasteiger partial charge >= 0.3 is 0 Å². The number of carbonyl (C=O) groups is 1. The van der Waals surface area contributed by atoms with Crippen LogP contribution in [-0.2, 0) is 11.3 Å². The third-order valence-corrected chi connectivity index (χ3v) is 6.04. The van der Waals surface area contributed by atoms with E-state index in [-0.39, 0.29) is 5.91 Å². The van der Waals surface area contributed by atoms with Crippen LogP contribution in [0.25, 0.3) is 0 Å². The van der Waals surface area contributed by atoms with Crippen molar-refractivity contribution in [3.8, 4) is 5.75 Å². The van der Waals surface area contributed by atoms with E-state index in [1.165, 1.54) is 43.4 Å². The molecule has 1 heterocycles. The molecule has 0 bridgehead atoms. The second-order valence-corrected chi connectivity index (χ2v) is 8.08. The Morgan fingerprint density at radius 1 is 1.00 bits per heavy atom. The predicted octanol–water partition coefficient (Wildman–Crippen LogP) is 4.64. The highest BCUT2D eigenvalue weighted by Crippen LogP contribution is 2.32. The highest BCUT2D eigenvalue weighted by molar-refractivity contribution is 5.72. The van der Waals surface area contributed by atoms with Gasteiger partial charge in [-0.15, -0.1) is 0 Å². The van der Waals surface area contributed by atoms with Crippen LogP contribution in [0.3, 0.4) is 0 Å². The fourth-order valence-electron chi connectivity index (χ4n) is 4.02. The van der Waals surface area contributed by atoms with Gasteiger partial charge in [0.1, 0.15) is 5.75 Å². The number of nitrogens with one attached hydrogen (secondary N) is 1. The Morgan fingerprint density at radius 3 is 2.25 bits per heavy atom. The van der Waals surface area contributed by atoms with E-state index in [0.717, 1.165) is 24.4 Å². The lowest BCUT2D eigenvalue weighted by atomic mass is 9.89. The van der Waals surface area contributed by atoms with Gasteiger partial charge in [-0.2, -0.15) is 0 Å². The molecule has 0 unspecified atom stereocenters. The third-order valence-electron chi connectivity index (χ3n) is 6.04. The summed E-state index contributed by atoms with van der Waals surface area (Å²) in [6, 6.07) is 17.4. The van der Waals surface area contributed by atoms with Gasteiger partial charge in [0.25, 0.3) is 0 Å². The minimum absolute atomic E-state index is 0.0130. The van der Waals surface area contributed by atoms with E-state index < -0.39 is 0 Å². The topological polar surface area (TPSA) is 41.6 Å². The number of piperidine rings is 1. The van der Waals surface area contributed by atoms with Crippen LogP contribution in [0.2, 0.25) is 0 Å². The largest absolute Gasteiger partial charge is 0.490 e. The molecule has 148 valence electrons. The first-order valence-electron chi connectivity index (χ1n) is 10.5. The Balaban J connectivity index is 1.28. The molecule has 1 saturated carbocycles. The highest BCUT2D eigenvalue weighted by Gasteiger charge is 2.22. The molecule has 1 aliphatic heterocycles. The van der Waals surface area contributed by atoms with E-state index in [1.54, 1.807) is 6.92 Å². The van der Waals surface area contributed by atoms with Crippen LogP contribution in [0.1, 0.15) is 56.1 Å². The summed E-state index contributed by atoms with van der Waals surface area (Å²) in [6.07, 6.45) is 6.48. The van der Waals surface area contributed by atoms with E-state index in [1.807, 2.05) is 0 Å². The second-order valence-electron chi connectivity index (χ2n) is 8.08. The van der Waals surface area contributed by atoms with E-state index >= 15 is 0 Å². The normalized spacial score (nSPS) is 17.8. The quantitative estimate of drug-likeness (QED) is 0.796. The molecular weight excluding hydrogens is 348 g/mol. The maximum absolute atomic E-state index is 11.0. The number of ether oxygens (including phenoxy) is 1. The summed E-state index contributed by atoms with van der Waals surface area (Å²) in [6.45, 7) is 4.33. The van der Waals surface area contributed by atoms with Crippen LogP contribution < -0.4 is 15.0 Å². The molecule has 0 spiro atoms. The van der Waals surface area contributed by atoms with Crippen LogP contribution in [-0.4, -0.2) is 25.1 Å². The number of carbonyl (C=O) groups excluding carboxylic acids is 1. The number of anilines is 1. The molecule has 0 radical (unpaired) electrons. The molecule has 4 heteroatoms. The predicted molar refractivity (Wildman–Crippen MR) is 113 cm³/mol. The maximum atomic E-state index is 11.0. The van der Waals surface area contributed by atoms with Crippen LogP contribution in [0, 0.1) is 0 Å². The molecule has 2 fully saturated rings. The van der Waals surface area contributed by atoms with E-state index in [9.17, 15) is 4.79 Å². The van der Waals surface area contributed by atoms with Crippen molar-refractivity contribution in [1.29, 1.82) is 0 Å². The Morgan fingerprint density at radius 2 is 1.68 bits per heavy atom. The van der Waals surface area contributed by atoms with Crippen molar-refractivity contribution >= 4 is 11.6 Å². The fourth-order valence-corrected chi connectivity index (χ4v) is 4.02. The Bertz CT molecular complexity index is 773. The first-order valence-corrected chi connectivity index (χ1v) is 10.5. The van der Waals surface area contributed by atoms with E-state index in [0.29, 0.717) is 18.6 Å². The zero-order valence-electron chi connectivity index (χ0n) is 16.7. The van der Waals surface area contributed by atoms with Gasteiger partial charge in [-0.1, -0.05) is 24.3 Å². The number of benzene rings is 2. The minimum atomic E-state index is 0.0130. The molecule has 4 nitrogen and oxygen atoms in total. The van der Waals surface area contributed by atoms with Gasteiger partial charge in [-0.25, -0.2) is 0 Å². The summed E-state index contributed by atoms with van der Waals surface area (Å²) in [5.41, 5.74) is 3.86. The fraction of sp³-hybridized carbons (Fsp3) is 0.458. The number of rotatable bonds is 6. The van der Waals surface area contributed by atoms with Crippen molar-refractivity contribution in [2.24, 2.45) is 0 Å². The molecule has 1 saturated heterocycles. The molecule has 1 aliphatic carbocycles. The molecule has 2 aromatic rings. The van der Waals surface area contributed by atoms with Crippen LogP contribution >= 0.6 is 0 Å². The molecule has 1 N–H and O–H groups in total. The van der Waals surface area contributed by atoms with E-state index in [2.05, 4.69) is 58.7 Å². The van der Waals surface area contributed by atoms with Gasteiger partial charge in [-0.3, -0.25) is 4.79 Å². The van der Waals surface area contributed by atoms with Crippen molar-refractivity contribution in [2.75, 3.05) is 18.0 Å². The van der Waals surface area contributed by atoms with Gasteiger partial charge in [-0.05, 0) is 73.4 Å². The van der Waals surface area contributed by atoms with Gasteiger partial charge in [0.2, 0.25) is 5.91 Å². The number of hydrogen-bond donors (Lipinski definition) is 1. The van der Waals surface area contributed by atoms with Gasteiger partial charge < -0.3 is 15.0 Å². The standard InChI is InChI=1S/C24H30N2O2/c1-18(27)25-17-19-5-7-20(8-6-19)21-13-15-26(16-14-21)22-9-11-24(12-10-22)28-23-3-2-4-23/h5-12,21,23H,2-4,13-17H2,1H3,(H,25,27). The van der Waals surface area contributed by atoms with Gasteiger partial charge in [0, 0.05) is 32.2 Å². The van der Waals surface area contributed by atoms with Crippen LogP contribution in [0.15, 0.2) is 48.5 Å². The average molecular weight is 379 g/mol. The van der Waals surface area contributed by atoms with E-state index in [4.69, 9.17) is 4.74 Å². The number of amides is 1. The minimum Gasteiger partial charge on any atom is -0.490 e. The average Bonchev–Trinajstić information content (AvgIpc) is 2.70. The second kappa shape index (κ2) is 8.68. The van der Waals surface area contributed by atoms with Gasteiger partial charge in [0.05, 0.1) is 6.10 Å². The number of nitrogens with zero attached hydrogens (tertiary/aromatic N) is 1.